The molecule has 1 fully saturated rings. The van der Waals surface area contributed by atoms with Crippen LogP contribution in [0.25, 0.3) is 0 Å². The highest BCUT2D eigenvalue weighted by Gasteiger charge is 2.56. The number of carbonyl (C=O) groups excluding carboxylic acids is 2. The van der Waals surface area contributed by atoms with Gasteiger partial charge in [-0.15, -0.1) is 0 Å². The second-order valence-electron chi connectivity index (χ2n) is 4.00. The van der Waals surface area contributed by atoms with Gasteiger partial charge in [-0.3, -0.25) is 0 Å². The lowest BCUT2D eigenvalue weighted by Gasteiger charge is -2.24. The number of aldehydes is 1. The highest BCUT2D eigenvalue weighted by molar-refractivity contribution is 5.85. The van der Waals surface area contributed by atoms with Crippen molar-refractivity contribution in [3.8, 4) is 0 Å². The normalized spacial score (nSPS) is 33.7. The molecule has 0 N–H and O–H groups in total. The van der Waals surface area contributed by atoms with E-state index in [0.717, 1.165) is 0 Å². The van der Waals surface area contributed by atoms with Crippen LogP contribution in [0.4, 0.5) is 0 Å². The first-order chi connectivity index (χ1) is 6.85. The Morgan fingerprint density at radius 3 is 2.53 bits per heavy atom. The number of esters is 1. The fourth-order valence-electron chi connectivity index (χ4n) is 1.60. The first-order valence-corrected chi connectivity index (χ1v) is 4.86. The van der Waals surface area contributed by atoms with Crippen LogP contribution in [-0.2, 0) is 23.8 Å². The topological polar surface area (TPSA) is 61.8 Å². The van der Waals surface area contributed by atoms with Gasteiger partial charge in [-0.1, -0.05) is 0 Å². The lowest BCUT2D eigenvalue weighted by molar-refractivity contribution is -0.186. The average molecular weight is 216 g/mol. The number of rotatable bonds is 3. The summed E-state index contributed by atoms with van der Waals surface area (Å²) in [5.41, 5.74) is -1.35. The molecule has 0 aromatic rings. The predicted octanol–water partition coefficient (Wildman–Crippen LogP) is 0.659. The maximum atomic E-state index is 11.6. The molecule has 0 amide bonds. The first kappa shape index (κ1) is 12.1. The van der Waals surface area contributed by atoms with Crippen molar-refractivity contribution in [2.45, 2.75) is 45.2 Å². The van der Waals surface area contributed by atoms with Gasteiger partial charge in [0, 0.05) is 0 Å². The molecule has 5 nitrogen and oxygen atoms in total. The van der Waals surface area contributed by atoms with Crippen molar-refractivity contribution in [1.29, 1.82) is 0 Å². The SMILES string of the molecule is CCOC(=O)[C@@]1(C)OC(C)(C)O[C@@H]1C=O. The molecule has 0 unspecified atom stereocenters. The van der Waals surface area contributed by atoms with Gasteiger partial charge in [-0.25, -0.2) is 4.79 Å². The van der Waals surface area contributed by atoms with Crippen LogP contribution < -0.4 is 0 Å². The summed E-state index contributed by atoms with van der Waals surface area (Å²) in [5, 5.41) is 0. The molecular formula is C10H16O5. The molecule has 1 aliphatic rings. The minimum Gasteiger partial charge on any atom is -0.464 e. The highest BCUT2D eigenvalue weighted by Crippen LogP contribution is 2.36. The summed E-state index contributed by atoms with van der Waals surface area (Å²) in [4.78, 5) is 22.4. The van der Waals surface area contributed by atoms with Crippen LogP contribution in [0.15, 0.2) is 0 Å². The minimum atomic E-state index is -1.35. The summed E-state index contributed by atoms with van der Waals surface area (Å²) < 4.78 is 15.6. The van der Waals surface area contributed by atoms with Crippen molar-refractivity contribution < 1.29 is 23.8 Å². The highest BCUT2D eigenvalue weighted by atomic mass is 16.8. The molecule has 0 radical (unpaired) electrons. The monoisotopic (exact) mass is 216 g/mol. The van der Waals surface area contributed by atoms with Crippen LogP contribution in [0.2, 0.25) is 0 Å². The van der Waals surface area contributed by atoms with Gasteiger partial charge in [0.25, 0.3) is 0 Å². The zero-order valence-corrected chi connectivity index (χ0v) is 9.40. The predicted molar refractivity (Wildman–Crippen MR) is 51.1 cm³/mol. The fourth-order valence-corrected chi connectivity index (χ4v) is 1.60. The Balaban J connectivity index is 2.90. The molecule has 0 aliphatic carbocycles. The summed E-state index contributed by atoms with van der Waals surface area (Å²) in [5.74, 6) is -1.53. The summed E-state index contributed by atoms with van der Waals surface area (Å²) in [6.07, 6.45) is -0.363. The third-order valence-corrected chi connectivity index (χ3v) is 2.22. The van der Waals surface area contributed by atoms with Crippen LogP contribution in [0.1, 0.15) is 27.7 Å². The Bertz CT molecular complexity index is 273. The molecule has 0 aromatic carbocycles. The van der Waals surface area contributed by atoms with Crippen molar-refractivity contribution in [2.75, 3.05) is 6.61 Å². The lowest BCUT2D eigenvalue weighted by Crippen LogP contribution is -2.47. The van der Waals surface area contributed by atoms with E-state index in [9.17, 15) is 9.59 Å². The van der Waals surface area contributed by atoms with Gasteiger partial charge in [0.05, 0.1) is 6.61 Å². The molecule has 1 aliphatic heterocycles. The van der Waals surface area contributed by atoms with E-state index in [1.807, 2.05) is 0 Å². The van der Waals surface area contributed by atoms with E-state index in [1.54, 1.807) is 20.8 Å². The molecule has 1 heterocycles. The molecule has 5 heteroatoms. The molecule has 0 saturated carbocycles. The zero-order valence-electron chi connectivity index (χ0n) is 9.40. The van der Waals surface area contributed by atoms with E-state index in [1.165, 1.54) is 6.92 Å². The maximum absolute atomic E-state index is 11.6. The van der Waals surface area contributed by atoms with Crippen LogP contribution in [0.3, 0.4) is 0 Å². The number of carbonyl (C=O) groups is 2. The van der Waals surface area contributed by atoms with E-state index in [0.29, 0.717) is 6.29 Å². The smallest absolute Gasteiger partial charge is 0.341 e. The molecule has 0 bridgehead atoms. The molecule has 1 saturated heterocycles. The van der Waals surface area contributed by atoms with E-state index in [-0.39, 0.29) is 6.61 Å². The molecule has 15 heavy (non-hydrogen) atoms. The number of hydrogen-bond acceptors (Lipinski definition) is 5. The molecule has 86 valence electrons. The Morgan fingerprint density at radius 2 is 2.07 bits per heavy atom. The van der Waals surface area contributed by atoms with Gasteiger partial charge in [0.15, 0.2) is 23.8 Å². The minimum absolute atomic E-state index is 0.240. The van der Waals surface area contributed by atoms with Crippen molar-refractivity contribution in [1.82, 2.24) is 0 Å². The summed E-state index contributed by atoms with van der Waals surface area (Å²) in [6.45, 7) is 6.72. The molecular weight excluding hydrogens is 200 g/mol. The van der Waals surface area contributed by atoms with Gasteiger partial charge < -0.3 is 19.0 Å². The Morgan fingerprint density at radius 1 is 1.47 bits per heavy atom. The standard InChI is InChI=1S/C10H16O5/c1-5-13-8(12)10(4)7(6-11)14-9(2,3)15-10/h6-7H,5H2,1-4H3/t7-,10+/m1/s1. The van der Waals surface area contributed by atoms with Crippen LogP contribution in [0, 0.1) is 0 Å². The van der Waals surface area contributed by atoms with Gasteiger partial charge in [0.2, 0.25) is 0 Å². The zero-order chi connectivity index (χ0) is 11.7. The fraction of sp³-hybridized carbons (Fsp3) is 0.800. The summed E-state index contributed by atoms with van der Waals surface area (Å²) >= 11 is 0. The Kier molecular flexibility index (Phi) is 3.16. The third-order valence-electron chi connectivity index (χ3n) is 2.22. The number of hydrogen-bond donors (Lipinski definition) is 0. The van der Waals surface area contributed by atoms with E-state index >= 15 is 0 Å². The summed E-state index contributed by atoms with van der Waals surface area (Å²) in [7, 11) is 0. The molecule has 2 atom stereocenters. The Hall–Kier alpha value is -0.940. The van der Waals surface area contributed by atoms with Crippen molar-refractivity contribution in [3.63, 3.8) is 0 Å². The Labute approximate surface area is 88.7 Å². The largest absolute Gasteiger partial charge is 0.464 e. The van der Waals surface area contributed by atoms with Gasteiger partial charge in [-0.05, 0) is 27.7 Å². The average Bonchev–Trinajstić information content (AvgIpc) is 2.37. The van der Waals surface area contributed by atoms with E-state index in [2.05, 4.69) is 0 Å². The van der Waals surface area contributed by atoms with Crippen LogP contribution in [0.5, 0.6) is 0 Å². The van der Waals surface area contributed by atoms with Gasteiger partial charge >= 0.3 is 5.97 Å². The van der Waals surface area contributed by atoms with Crippen molar-refractivity contribution >= 4 is 12.3 Å². The summed E-state index contributed by atoms with van der Waals surface area (Å²) in [6, 6.07) is 0. The second-order valence-corrected chi connectivity index (χ2v) is 4.00. The second kappa shape index (κ2) is 3.90. The van der Waals surface area contributed by atoms with Gasteiger partial charge in [0.1, 0.15) is 0 Å². The molecule has 0 aromatic heterocycles. The first-order valence-electron chi connectivity index (χ1n) is 4.86. The maximum Gasteiger partial charge on any atom is 0.341 e. The van der Waals surface area contributed by atoms with Crippen LogP contribution >= 0.6 is 0 Å². The quantitative estimate of drug-likeness (QED) is 0.512. The van der Waals surface area contributed by atoms with Crippen molar-refractivity contribution in [2.24, 2.45) is 0 Å². The van der Waals surface area contributed by atoms with Gasteiger partial charge in [-0.2, -0.15) is 0 Å². The van der Waals surface area contributed by atoms with E-state index < -0.39 is 23.5 Å². The lowest BCUT2D eigenvalue weighted by atomic mass is 10.0. The molecule has 1 rings (SSSR count). The van der Waals surface area contributed by atoms with Crippen LogP contribution in [-0.4, -0.2) is 36.4 Å². The van der Waals surface area contributed by atoms with E-state index in [4.69, 9.17) is 14.2 Å². The molecule has 0 spiro atoms. The van der Waals surface area contributed by atoms with Crippen molar-refractivity contribution in [3.05, 3.63) is 0 Å². The number of ether oxygens (including phenoxy) is 3. The third kappa shape index (κ3) is 2.18.